The van der Waals surface area contributed by atoms with Crippen molar-refractivity contribution in [3.8, 4) is 5.75 Å². The Morgan fingerprint density at radius 1 is 1.39 bits per heavy atom. The number of hydrogen-bond acceptors (Lipinski definition) is 3. The van der Waals surface area contributed by atoms with E-state index in [1.54, 1.807) is 6.08 Å². The predicted octanol–water partition coefficient (Wildman–Crippen LogP) is 1.86. The second kappa shape index (κ2) is 8.31. The molecule has 0 amide bonds. The molecule has 98 valence electrons. The van der Waals surface area contributed by atoms with Crippen molar-refractivity contribution >= 4 is 5.97 Å². The Balaban J connectivity index is 2.21. The molecule has 18 heavy (non-hydrogen) atoms. The maximum Gasteiger partial charge on any atom is 0.328 e. The van der Waals surface area contributed by atoms with Crippen LogP contribution in [0.3, 0.4) is 0 Å². The molecule has 0 unspecified atom stereocenters. The largest absolute Gasteiger partial charge is 0.494 e. The second-order valence-corrected chi connectivity index (χ2v) is 3.77. The Morgan fingerprint density at radius 3 is 2.72 bits per heavy atom. The molecule has 0 spiro atoms. The summed E-state index contributed by atoms with van der Waals surface area (Å²) < 4.78 is 5.36. The number of benzene rings is 1. The molecule has 4 nitrogen and oxygen atoms in total. The van der Waals surface area contributed by atoms with E-state index in [9.17, 15) is 4.79 Å². The van der Waals surface area contributed by atoms with Gasteiger partial charge >= 0.3 is 5.97 Å². The van der Waals surface area contributed by atoms with Gasteiger partial charge in [0.1, 0.15) is 5.75 Å². The van der Waals surface area contributed by atoms with Crippen LogP contribution in [0, 0.1) is 0 Å². The van der Waals surface area contributed by atoms with Gasteiger partial charge in [0, 0.05) is 12.6 Å². The number of hydrogen-bond donors (Lipinski definition) is 2. The van der Waals surface area contributed by atoms with E-state index in [4.69, 9.17) is 9.84 Å². The lowest BCUT2D eigenvalue weighted by Crippen LogP contribution is -2.17. The first-order chi connectivity index (χ1) is 8.72. The summed E-state index contributed by atoms with van der Waals surface area (Å²) >= 11 is 0. The second-order valence-electron chi connectivity index (χ2n) is 3.77. The minimum atomic E-state index is -0.914. The van der Waals surface area contributed by atoms with E-state index in [1.165, 1.54) is 5.56 Å². The van der Waals surface area contributed by atoms with Gasteiger partial charge in [-0.1, -0.05) is 18.2 Å². The molecule has 0 fully saturated rings. The van der Waals surface area contributed by atoms with Gasteiger partial charge in [0.05, 0.1) is 6.61 Å². The lowest BCUT2D eigenvalue weighted by Gasteiger charge is -2.05. The molecule has 0 saturated heterocycles. The van der Waals surface area contributed by atoms with Crippen LogP contribution in [0.25, 0.3) is 0 Å². The molecular weight excluding hydrogens is 230 g/mol. The van der Waals surface area contributed by atoms with E-state index in [2.05, 4.69) is 5.32 Å². The molecule has 1 aromatic carbocycles. The van der Waals surface area contributed by atoms with Crippen molar-refractivity contribution in [2.24, 2.45) is 0 Å². The third-order valence-corrected chi connectivity index (χ3v) is 2.35. The van der Waals surface area contributed by atoms with Gasteiger partial charge in [0.2, 0.25) is 0 Å². The summed E-state index contributed by atoms with van der Waals surface area (Å²) in [6.07, 6.45) is 3.65. The fraction of sp³-hybridized carbons (Fsp3) is 0.357. The molecule has 0 radical (unpaired) electrons. The first kappa shape index (κ1) is 14.3. The van der Waals surface area contributed by atoms with Gasteiger partial charge in [-0.2, -0.15) is 0 Å². The number of carboxylic acid groups (broad SMARTS) is 1. The lowest BCUT2D eigenvalue weighted by molar-refractivity contribution is -0.131. The number of ether oxygens (including phenoxy) is 1. The van der Waals surface area contributed by atoms with Gasteiger partial charge in [-0.15, -0.1) is 0 Å². The Kier molecular flexibility index (Phi) is 6.58. The van der Waals surface area contributed by atoms with Crippen LogP contribution in [-0.4, -0.2) is 30.8 Å². The Hall–Kier alpha value is -1.81. The van der Waals surface area contributed by atoms with Crippen molar-refractivity contribution in [1.82, 2.24) is 5.32 Å². The summed E-state index contributed by atoms with van der Waals surface area (Å²) in [5.74, 6) is -0.0260. The van der Waals surface area contributed by atoms with Crippen molar-refractivity contribution < 1.29 is 14.6 Å². The van der Waals surface area contributed by atoms with E-state index in [1.807, 2.05) is 31.2 Å². The number of aliphatic carboxylic acids is 1. The van der Waals surface area contributed by atoms with Gasteiger partial charge in [-0.25, -0.2) is 4.79 Å². The highest BCUT2D eigenvalue weighted by Crippen LogP contribution is 2.12. The van der Waals surface area contributed by atoms with Crippen LogP contribution in [0.15, 0.2) is 36.4 Å². The SMILES string of the molecule is CCOc1ccc(CCNC/C=C/C(=O)O)cc1. The molecule has 0 aromatic heterocycles. The van der Waals surface area contributed by atoms with Crippen LogP contribution in [0.5, 0.6) is 5.75 Å². The van der Waals surface area contributed by atoms with E-state index >= 15 is 0 Å². The average molecular weight is 249 g/mol. The molecule has 0 aliphatic heterocycles. The molecule has 0 atom stereocenters. The summed E-state index contributed by atoms with van der Waals surface area (Å²) in [6, 6.07) is 8.01. The number of carboxylic acids is 1. The van der Waals surface area contributed by atoms with Crippen LogP contribution in [0.1, 0.15) is 12.5 Å². The maximum absolute atomic E-state index is 10.2. The zero-order valence-corrected chi connectivity index (χ0v) is 10.6. The molecule has 2 N–H and O–H groups in total. The Bertz CT molecular complexity index is 385. The highest BCUT2D eigenvalue weighted by molar-refractivity contribution is 5.79. The Labute approximate surface area is 107 Å². The highest BCUT2D eigenvalue weighted by Gasteiger charge is 1.94. The molecule has 1 rings (SSSR count). The molecule has 1 aromatic rings. The zero-order chi connectivity index (χ0) is 13.2. The fourth-order valence-electron chi connectivity index (χ4n) is 1.50. The van der Waals surface area contributed by atoms with E-state index in [-0.39, 0.29) is 0 Å². The van der Waals surface area contributed by atoms with Crippen LogP contribution >= 0.6 is 0 Å². The molecule has 0 bridgehead atoms. The summed E-state index contributed by atoms with van der Waals surface area (Å²) in [4.78, 5) is 10.2. The van der Waals surface area contributed by atoms with Crippen molar-refractivity contribution in [2.45, 2.75) is 13.3 Å². The minimum Gasteiger partial charge on any atom is -0.494 e. The van der Waals surface area contributed by atoms with Crippen molar-refractivity contribution in [1.29, 1.82) is 0 Å². The quantitative estimate of drug-likeness (QED) is 0.545. The topological polar surface area (TPSA) is 58.6 Å². The molecular formula is C14H19NO3. The molecule has 4 heteroatoms. The van der Waals surface area contributed by atoms with Gasteiger partial charge < -0.3 is 15.2 Å². The van der Waals surface area contributed by atoms with Crippen LogP contribution < -0.4 is 10.1 Å². The van der Waals surface area contributed by atoms with Crippen LogP contribution in [0.4, 0.5) is 0 Å². The maximum atomic E-state index is 10.2. The van der Waals surface area contributed by atoms with Gasteiger partial charge in [0.25, 0.3) is 0 Å². The van der Waals surface area contributed by atoms with E-state index in [0.29, 0.717) is 13.2 Å². The van der Waals surface area contributed by atoms with Crippen molar-refractivity contribution in [3.63, 3.8) is 0 Å². The fourth-order valence-corrected chi connectivity index (χ4v) is 1.50. The molecule has 0 saturated carbocycles. The van der Waals surface area contributed by atoms with Gasteiger partial charge in [-0.3, -0.25) is 0 Å². The third kappa shape index (κ3) is 6.06. The molecule has 0 heterocycles. The number of rotatable bonds is 8. The first-order valence-electron chi connectivity index (χ1n) is 6.04. The third-order valence-electron chi connectivity index (χ3n) is 2.35. The normalized spacial score (nSPS) is 10.7. The lowest BCUT2D eigenvalue weighted by atomic mass is 10.1. The number of carbonyl (C=O) groups is 1. The standard InChI is InChI=1S/C14H19NO3/c1-2-18-13-7-5-12(6-8-13)9-11-15-10-3-4-14(16)17/h3-8,15H,2,9-11H2,1H3,(H,16,17)/b4-3+. The summed E-state index contributed by atoms with van der Waals surface area (Å²) in [5.41, 5.74) is 1.23. The summed E-state index contributed by atoms with van der Waals surface area (Å²) in [7, 11) is 0. The summed E-state index contributed by atoms with van der Waals surface area (Å²) in [5, 5.41) is 11.5. The molecule has 0 aliphatic carbocycles. The van der Waals surface area contributed by atoms with Crippen LogP contribution in [-0.2, 0) is 11.2 Å². The smallest absolute Gasteiger partial charge is 0.328 e. The number of nitrogens with one attached hydrogen (secondary N) is 1. The predicted molar refractivity (Wildman–Crippen MR) is 71.0 cm³/mol. The Morgan fingerprint density at radius 2 is 2.11 bits per heavy atom. The first-order valence-corrected chi connectivity index (χ1v) is 6.04. The van der Waals surface area contributed by atoms with E-state index < -0.39 is 5.97 Å². The van der Waals surface area contributed by atoms with Crippen molar-refractivity contribution in [3.05, 3.63) is 42.0 Å². The van der Waals surface area contributed by atoms with Gasteiger partial charge in [-0.05, 0) is 37.6 Å². The average Bonchev–Trinajstić information content (AvgIpc) is 2.35. The monoisotopic (exact) mass is 249 g/mol. The van der Waals surface area contributed by atoms with Crippen molar-refractivity contribution in [2.75, 3.05) is 19.7 Å². The van der Waals surface area contributed by atoms with Gasteiger partial charge in [0.15, 0.2) is 0 Å². The molecule has 0 aliphatic rings. The van der Waals surface area contributed by atoms with Crippen LogP contribution in [0.2, 0.25) is 0 Å². The highest BCUT2D eigenvalue weighted by atomic mass is 16.5. The zero-order valence-electron chi connectivity index (χ0n) is 10.6. The summed E-state index contributed by atoms with van der Waals surface area (Å²) in [6.45, 7) is 4.03. The minimum absolute atomic E-state index is 0.573. The van der Waals surface area contributed by atoms with E-state index in [0.717, 1.165) is 24.8 Å².